The molecule has 78 valence electrons. The second-order valence-electron chi connectivity index (χ2n) is 3.68. The maximum Gasteiger partial charge on any atom is 0.404 e. The van der Waals surface area contributed by atoms with Gasteiger partial charge in [0.1, 0.15) is 12.2 Å². The zero-order chi connectivity index (χ0) is 10.2. The van der Waals surface area contributed by atoms with Crippen LogP contribution in [0.15, 0.2) is 0 Å². The van der Waals surface area contributed by atoms with E-state index in [2.05, 4.69) is 0 Å². The lowest BCUT2D eigenvalue weighted by Crippen LogP contribution is -2.44. The molecule has 1 nitrogen and oxygen atoms in total. The van der Waals surface area contributed by atoms with E-state index in [0.29, 0.717) is 0 Å². The first-order chi connectivity index (χ1) is 5.82. The van der Waals surface area contributed by atoms with E-state index >= 15 is 0 Å². The molecule has 1 aliphatic heterocycles. The Morgan fingerprint density at radius 3 is 2.15 bits per heavy atom. The molecule has 1 heterocycles. The zero-order valence-electron chi connectivity index (χ0n) is 7.61. The Labute approximate surface area is 74.7 Å². The summed E-state index contributed by atoms with van der Waals surface area (Å²) < 4.78 is 49.8. The highest BCUT2D eigenvalue weighted by Crippen LogP contribution is 2.34. The molecule has 5 heteroatoms. The number of alkyl halides is 4. The van der Waals surface area contributed by atoms with Crippen molar-refractivity contribution in [2.24, 2.45) is 0 Å². The quantitative estimate of drug-likeness (QED) is 0.586. The summed E-state index contributed by atoms with van der Waals surface area (Å²) in [6.07, 6.45) is -6.05. The average molecular weight is 199 g/mol. The average Bonchev–Trinajstić information content (AvgIpc) is 2.29. The van der Waals surface area contributed by atoms with Crippen molar-refractivity contribution >= 4 is 0 Å². The summed E-state index contributed by atoms with van der Waals surface area (Å²) >= 11 is 0. The second-order valence-corrected chi connectivity index (χ2v) is 3.68. The lowest BCUT2D eigenvalue weighted by molar-refractivity contribution is -0.179. The number of hydrogen-bond acceptors (Lipinski definition) is 1. The van der Waals surface area contributed by atoms with Gasteiger partial charge >= 0.3 is 6.18 Å². The summed E-state index contributed by atoms with van der Waals surface area (Å²) in [5.74, 6) is 0. The minimum Gasteiger partial charge on any atom is -0.287 e. The molecule has 0 aromatic heterocycles. The number of nitrogens with zero attached hydrogens (tertiary/aromatic N) is 1. The van der Waals surface area contributed by atoms with Crippen molar-refractivity contribution in [3.8, 4) is 0 Å². The van der Waals surface area contributed by atoms with Crippen LogP contribution < -0.4 is 0 Å². The number of halogens is 4. The van der Waals surface area contributed by atoms with Crippen LogP contribution >= 0.6 is 0 Å². The highest BCUT2D eigenvalue weighted by molar-refractivity contribution is 4.91. The van der Waals surface area contributed by atoms with Crippen LogP contribution in [0.5, 0.6) is 0 Å². The topological polar surface area (TPSA) is 3.24 Å². The Hall–Kier alpha value is -0.320. The van der Waals surface area contributed by atoms with Crippen LogP contribution in [0, 0.1) is 0 Å². The van der Waals surface area contributed by atoms with E-state index in [1.54, 1.807) is 13.8 Å². The third kappa shape index (κ3) is 2.33. The van der Waals surface area contributed by atoms with Gasteiger partial charge in [0.15, 0.2) is 0 Å². The van der Waals surface area contributed by atoms with Gasteiger partial charge in [0.2, 0.25) is 0 Å². The van der Waals surface area contributed by atoms with Crippen LogP contribution in [0.3, 0.4) is 0 Å². The summed E-state index contributed by atoms with van der Waals surface area (Å²) in [5, 5.41) is 0. The van der Waals surface area contributed by atoms with Crippen molar-refractivity contribution < 1.29 is 17.6 Å². The molecule has 0 radical (unpaired) electrons. The molecular formula is C8H13F4N. The van der Waals surface area contributed by atoms with E-state index in [4.69, 9.17) is 0 Å². The van der Waals surface area contributed by atoms with Gasteiger partial charge in [0.05, 0.1) is 0 Å². The standard InChI is InChI=1S/C8H13F4N/c1-5(2)13-4-6(9)3-7(13)8(10,11)12/h5-7H,3-4H2,1-2H3. The summed E-state index contributed by atoms with van der Waals surface area (Å²) in [4.78, 5) is 1.17. The minimum atomic E-state index is -4.30. The van der Waals surface area contributed by atoms with Crippen molar-refractivity contribution in [3.05, 3.63) is 0 Å². The van der Waals surface area contributed by atoms with Crippen molar-refractivity contribution in [1.82, 2.24) is 4.90 Å². The molecule has 0 aromatic carbocycles. The molecule has 0 aliphatic carbocycles. The molecule has 2 unspecified atom stereocenters. The first kappa shape index (κ1) is 10.8. The van der Waals surface area contributed by atoms with E-state index in [1.807, 2.05) is 0 Å². The maximum absolute atomic E-state index is 12.8. The molecule has 0 N–H and O–H groups in total. The normalized spacial score (nSPS) is 31.6. The van der Waals surface area contributed by atoms with Crippen LogP contribution in [0.1, 0.15) is 20.3 Å². The Kier molecular flexibility index (Phi) is 2.85. The molecule has 0 aromatic rings. The largest absolute Gasteiger partial charge is 0.404 e. The van der Waals surface area contributed by atoms with Gasteiger partial charge in [-0.2, -0.15) is 13.2 Å². The van der Waals surface area contributed by atoms with Gasteiger partial charge in [0, 0.05) is 19.0 Å². The Balaban J connectivity index is 2.72. The molecule has 1 rings (SSSR count). The van der Waals surface area contributed by atoms with Gasteiger partial charge in [-0.3, -0.25) is 4.90 Å². The highest BCUT2D eigenvalue weighted by atomic mass is 19.4. The van der Waals surface area contributed by atoms with E-state index in [1.165, 1.54) is 4.90 Å². The monoisotopic (exact) mass is 199 g/mol. The third-order valence-electron chi connectivity index (χ3n) is 2.33. The molecular weight excluding hydrogens is 186 g/mol. The predicted molar refractivity (Wildman–Crippen MR) is 41.2 cm³/mol. The Bertz CT molecular complexity index is 177. The van der Waals surface area contributed by atoms with Crippen molar-refractivity contribution in [1.29, 1.82) is 0 Å². The Morgan fingerprint density at radius 2 is 1.85 bits per heavy atom. The second kappa shape index (κ2) is 3.44. The molecule has 0 amide bonds. The van der Waals surface area contributed by atoms with E-state index in [-0.39, 0.29) is 12.6 Å². The predicted octanol–water partition coefficient (Wildman–Crippen LogP) is 2.37. The van der Waals surface area contributed by atoms with E-state index < -0.39 is 24.8 Å². The Morgan fingerprint density at radius 1 is 1.31 bits per heavy atom. The maximum atomic E-state index is 12.8. The number of rotatable bonds is 1. The fourth-order valence-corrected chi connectivity index (χ4v) is 1.70. The fourth-order valence-electron chi connectivity index (χ4n) is 1.70. The summed E-state index contributed by atoms with van der Waals surface area (Å²) in [6, 6.07) is -1.85. The molecule has 0 bridgehead atoms. The lowest BCUT2D eigenvalue weighted by Gasteiger charge is -2.29. The zero-order valence-corrected chi connectivity index (χ0v) is 7.61. The SMILES string of the molecule is CC(C)N1CC(F)CC1C(F)(F)F. The van der Waals surface area contributed by atoms with E-state index in [0.717, 1.165) is 0 Å². The van der Waals surface area contributed by atoms with Gasteiger partial charge in [-0.05, 0) is 13.8 Å². The van der Waals surface area contributed by atoms with Crippen LogP contribution in [0.4, 0.5) is 17.6 Å². The molecule has 1 saturated heterocycles. The van der Waals surface area contributed by atoms with Gasteiger partial charge in [-0.25, -0.2) is 4.39 Å². The molecule has 0 saturated carbocycles. The summed E-state index contributed by atoms with van der Waals surface area (Å²) in [7, 11) is 0. The van der Waals surface area contributed by atoms with Gasteiger partial charge in [-0.1, -0.05) is 0 Å². The van der Waals surface area contributed by atoms with Crippen LogP contribution in [0.25, 0.3) is 0 Å². The minimum absolute atomic E-state index is 0.0954. The number of likely N-dealkylation sites (tertiary alicyclic amines) is 1. The summed E-state index contributed by atoms with van der Waals surface area (Å²) in [5.41, 5.74) is 0. The van der Waals surface area contributed by atoms with Crippen LogP contribution in [-0.2, 0) is 0 Å². The lowest BCUT2D eigenvalue weighted by atomic mass is 10.2. The van der Waals surface area contributed by atoms with Crippen LogP contribution in [-0.4, -0.2) is 35.9 Å². The van der Waals surface area contributed by atoms with Gasteiger partial charge < -0.3 is 0 Å². The van der Waals surface area contributed by atoms with Crippen LogP contribution in [0.2, 0.25) is 0 Å². The summed E-state index contributed by atoms with van der Waals surface area (Å²) in [6.45, 7) is 3.20. The molecule has 0 spiro atoms. The first-order valence-electron chi connectivity index (χ1n) is 4.29. The highest BCUT2D eigenvalue weighted by Gasteiger charge is 2.49. The van der Waals surface area contributed by atoms with Crippen molar-refractivity contribution in [2.45, 2.75) is 44.7 Å². The molecule has 1 aliphatic rings. The molecule has 13 heavy (non-hydrogen) atoms. The van der Waals surface area contributed by atoms with Gasteiger partial charge in [0.25, 0.3) is 0 Å². The molecule has 1 fully saturated rings. The van der Waals surface area contributed by atoms with E-state index in [9.17, 15) is 17.6 Å². The molecule has 2 atom stereocenters. The smallest absolute Gasteiger partial charge is 0.287 e. The van der Waals surface area contributed by atoms with Crippen molar-refractivity contribution in [2.75, 3.05) is 6.54 Å². The fraction of sp³-hybridized carbons (Fsp3) is 1.00. The van der Waals surface area contributed by atoms with Gasteiger partial charge in [-0.15, -0.1) is 0 Å². The van der Waals surface area contributed by atoms with Crippen molar-refractivity contribution in [3.63, 3.8) is 0 Å². The number of hydrogen-bond donors (Lipinski definition) is 0. The first-order valence-corrected chi connectivity index (χ1v) is 4.29. The third-order valence-corrected chi connectivity index (χ3v) is 2.33.